The summed E-state index contributed by atoms with van der Waals surface area (Å²) in [6.07, 6.45) is 2.75. The average Bonchev–Trinajstić information content (AvgIpc) is 3.17. The third-order valence-electron chi connectivity index (χ3n) is 5.53. The van der Waals surface area contributed by atoms with E-state index in [1.807, 2.05) is 67.6 Å². The van der Waals surface area contributed by atoms with Crippen LogP contribution in [0.5, 0.6) is 5.75 Å². The first-order chi connectivity index (χ1) is 17.0. The van der Waals surface area contributed by atoms with Gasteiger partial charge in [0.25, 0.3) is 5.56 Å². The van der Waals surface area contributed by atoms with Crippen molar-refractivity contribution in [2.45, 2.75) is 26.3 Å². The Morgan fingerprint density at radius 1 is 1.09 bits per heavy atom. The van der Waals surface area contributed by atoms with Crippen molar-refractivity contribution in [2.24, 2.45) is 4.99 Å². The molecule has 0 unspecified atom stereocenters. The van der Waals surface area contributed by atoms with Crippen molar-refractivity contribution in [2.75, 3.05) is 26.9 Å². The number of aromatic nitrogens is 1. The van der Waals surface area contributed by atoms with Gasteiger partial charge in [-0.3, -0.25) is 9.36 Å². The van der Waals surface area contributed by atoms with Gasteiger partial charge in [-0.1, -0.05) is 60.7 Å². The number of rotatable bonds is 9. The molecule has 2 heterocycles. The van der Waals surface area contributed by atoms with Crippen molar-refractivity contribution in [3.63, 3.8) is 0 Å². The molecular formula is C27H28N2O5S. The number of carbonyl (C=O) groups is 1. The number of hydrogen-bond acceptors (Lipinski definition) is 7. The highest BCUT2D eigenvalue weighted by Crippen LogP contribution is 2.31. The van der Waals surface area contributed by atoms with Gasteiger partial charge in [0, 0.05) is 7.11 Å². The third kappa shape index (κ3) is 5.44. The lowest BCUT2D eigenvalue weighted by atomic mass is 9.96. The van der Waals surface area contributed by atoms with E-state index in [9.17, 15) is 9.59 Å². The zero-order valence-electron chi connectivity index (χ0n) is 20.0. The molecule has 1 aliphatic heterocycles. The van der Waals surface area contributed by atoms with E-state index in [0.717, 1.165) is 23.3 Å². The van der Waals surface area contributed by atoms with Gasteiger partial charge >= 0.3 is 5.97 Å². The van der Waals surface area contributed by atoms with Crippen LogP contribution in [0.4, 0.5) is 0 Å². The number of hydrogen-bond donors (Lipinski definition) is 0. The van der Waals surface area contributed by atoms with Crippen LogP contribution in [-0.4, -0.2) is 37.5 Å². The fourth-order valence-corrected chi connectivity index (χ4v) is 4.91. The number of carbonyl (C=O) groups excluding carboxylic acids is 1. The van der Waals surface area contributed by atoms with E-state index < -0.39 is 12.0 Å². The average molecular weight is 493 g/mol. The van der Waals surface area contributed by atoms with Gasteiger partial charge < -0.3 is 14.2 Å². The van der Waals surface area contributed by atoms with E-state index in [0.29, 0.717) is 27.2 Å². The molecule has 0 saturated carbocycles. The second-order valence-corrected chi connectivity index (χ2v) is 9.05. The Bertz CT molecular complexity index is 1390. The molecule has 0 radical (unpaired) electrons. The van der Waals surface area contributed by atoms with Crippen LogP contribution in [0.15, 0.2) is 75.7 Å². The monoisotopic (exact) mass is 492 g/mol. The second-order valence-electron chi connectivity index (χ2n) is 8.04. The molecule has 4 rings (SSSR count). The molecule has 0 bridgehead atoms. The molecule has 182 valence electrons. The maximum atomic E-state index is 13.6. The summed E-state index contributed by atoms with van der Waals surface area (Å²) >= 11 is 1.31. The van der Waals surface area contributed by atoms with E-state index in [1.165, 1.54) is 11.3 Å². The van der Waals surface area contributed by atoms with Crippen LogP contribution in [0.1, 0.15) is 37.4 Å². The van der Waals surface area contributed by atoms with Crippen molar-refractivity contribution in [3.05, 3.63) is 96.7 Å². The second kappa shape index (κ2) is 11.3. The summed E-state index contributed by atoms with van der Waals surface area (Å²) in [5.41, 5.74) is 2.35. The minimum absolute atomic E-state index is 0.112. The van der Waals surface area contributed by atoms with Gasteiger partial charge in [0.1, 0.15) is 12.4 Å². The molecule has 0 saturated heterocycles. The van der Waals surface area contributed by atoms with E-state index in [1.54, 1.807) is 18.6 Å². The molecule has 7 nitrogen and oxygen atoms in total. The van der Waals surface area contributed by atoms with Crippen LogP contribution in [0, 0.1) is 0 Å². The summed E-state index contributed by atoms with van der Waals surface area (Å²) < 4.78 is 18.3. The number of methoxy groups -OCH3 is 1. The lowest BCUT2D eigenvalue weighted by molar-refractivity contribution is -0.140. The van der Waals surface area contributed by atoms with Gasteiger partial charge in [0.05, 0.1) is 35.1 Å². The Hall–Kier alpha value is -3.49. The Kier molecular flexibility index (Phi) is 7.94. The van der Waals surface area contributed by atoms with E-state index >= 15 is 0 Å². The van der Waals surface area contributed by atoms with Crippen LogP contribution in [0.3, 0.4) is 0 Å². The largest absolute Gasteiger partial charge is 0.494 e. The summed E-state index contributed by atoms with van der Waals surface area (Å²) in [4.78, 5) is 31.9. The van der Waals surface area contributed by atoms with Crippen molar-refractivity contribution >= 4 is 23.4 Å². The zero-order chi connectivity index (χ0) is 24.8. The fourth-order valence-electron chi connectivity index (χ4n) is 3.86. The molecule has 3 aromatic rings. The van der Waals surface area contributed by atoms with E-state index in [4.69, 9.17) is 14.2 Å². The molecule has 0 N–H and O–H groups in total. The molecule has 8 heteroatoms. The smallest absolute Gasteiger partial charge is 0.338 e. The first kappa shape index (κ1) is 24.6. The summed E-state index contributed by atoms with van der Waals surface area (Å²) in [6, 6.07) is 16.5. The third-order valence-corrected chi connectivity index (χ3v) is 6.51. The Morgan fingerprint density at radius 2 is 1.83 bits per heavy atom. The van der Waals surface area contributed by atoms with Crippen LogP contribution >= 0.6 is 11.3 Å². The number of benzene rings is 2. The summed E-state index contributed by atoms with van der Waals surface area (Å²) in [7, 11) is 1.54. The number of ether oxygens (including phenoxy) is 3. The van der Waals surface area contributed by atoms with Crippen molar-refractivity contribution in [1.82, 2.24) is 4.57 Å². The van der Waals surface area contributed by atoms with E-state index in [-0.39, 0.29) is 18.8 Å². The maximum Gasteiger partial charge on any atom is 0.338 e. The predicted molar refractivity (Wildman–Crippen MR) is 135 cm³/mol. The normalized spacial score (nSPS) is 15.5. The molecule has 0 spiro atoms. The van der Waals surface area contributed by atoms with Gasteiger partial charge in [0.15, 0.2) is 4.80 Å². The SMILES string of the molecule is CCCOc1ccc([C@@H]2C(C(=O)OCCOC)=C(C)N=c3s/c(=C/c4ccccc4)c(=O)n32)cc1. The molecule has 1 aromatic heterocycles. The highest BCUT2D eigenvalue weighted by Gasteiger charge is 2.33. The number of nitrogens with zero attached hydrogens (tertiary/aromatic N) is 2. The first-order valence-corrected chi connectivity index (χ1v) is 12.3. The lowest BCUT2D eigenvalue weighted by Crippen LogP contribution is -2.40. The minimum atomic E-state index is -0.667. The molecule has 1 aliphatic rings. The van der Waals surface area contributed by atoms with Gasteiger partial charge in [-0.05, 0) is 42.7 Å². The van der Waals surface area contributed by atoms with Gasteiger partial charge in [-0.15, -0.1) is 0 Å². The van der Waals surface area contributed by atoms with Crippen LogP contribution in [0.2, 0.25) is 0 Å². The molecule has 1 atom stereocenters. The molecule has 0 amide bonds. The van der Waals surface area contributed by atoms with Crippen molar-refractivity contribution in [1.29, 1.82) is 0 Å². The highest BCUT2D eigenvalue weighted by atomic mass is 32.1. The molecule has 0 fully saturated rings. The topological polar surface area (TPSA) is 79.1 Å². The van der Waals surface area contributed by atoms with E-state index in [2.05, 4.69) is 4.99 Å². The number of allylic oxidation sites excluding steroid dienone is 1. The Morgan fingerprint density at radius 3 is 2.51 bits per heavy atom. The Balaban J connectivity index is 1.83. The van der Waals surface area contributed by atoms with Crippen LogP contribution in [0.25, 0.3) is 6.08 Å². The number of esters is 1. The quantitative estimate of drug-likeness (QED) is 0.339. The summed E-state index contributed by atoms with van der Waals surface area (Å²) in [6.45, 7) is 4.82. The van der Waals surface area contributed by atoms with Crippen molar-refractivity contribution < 1.29 is 19.0 Å². The van der Waals surface area contributed by atoms with Crippen molar-refractivity contribution in [3.8, 4) is 5.75 Å². The molecule has 2 aromatic carbocycles. The standard InChI is InChI=1S/C27H28N2O5S/c1-4-14-33-21-12-10-20(11-13-21)24-23(26(31)34-16-15-32-3)18(2)28-27-29(24)25(30)22(35-27)17-19-8-6-5-7-9-19/h5-13,17,24H,4,14-16H2,1-3H3/b22-17+/t24-/m1/s1. The maximum absolute atomic E-state index is 13.6. The molecule has 0 aliphatic carbocycles. The fraction of sp³-hybridized carbons (Fsp3) is 0.296. The number of thiazole rings is 1. The summed E-state index contributed by atoms with van der Waals surface area (Å²) in [5.74, 6) is 0.217. The molecular weight excluding hydrogens is 464 g/mol. The predicted octanol–water partition coefficient (Wildman–Crippen LogP) is 3.21. The summed E-state index contributed by atoms with van der Waals surface area (Å²) in [5, 5.41) is 0. The van der Waals surface area contributed by atoms with Gasteiger partial charge in [-0.2, -0.15) is 0 Å². The Labute approximate surface area is 207 Å². The first-order valence-electron chi connectivity index (χ1n) is 11.5. The van der Waals surface area contributed by atoms with Gasteiger partial charge in [0.2, 0.25) is 0 Å². The molecule has 35 heavy (non-hydrogen) atoms. The van der Waals surface area contributed by atoms with Crippen LogP contribution in [-0.2, 0) is 14.3 Å². The van der Waals surface area contributed by atoms with Gasteiger partial charge in [-0.25, -0.2) is 9.79 Å². The van der Waals surface area contributed by atoms with Crippen LogP contribution < -0.4 is 19.6 Å². The zero-order valence-corrected chi connectivity index (χ0v) is 20.8. The minimum Gasteiger partial charge on any atom is -0.494 e. The highest BCUT2D eigenvalue weighted by molar-refractivity contribution is 7.07. The number of fused-ring (bicyclic) bond motifs is 1. The lowest BCUT2D eigenvalue weighted by Gasteiger charge is -2.25.